The van der Waals surface area contributed by atoms with E-state index in [2.05, 4.69) is 10.1 Å². The fraction of sp³-hybridized carbons (Fsp3) is 0.0769. The molecule has 0 radical (unpaired) electrons. The highest BCUT2D eigenvalue weighted by Gasteiger charge is 2.31. The lowest BCUT2D eigenvalue weighted by atomic mass is 9.83. The predicted octanol–water partition coefficient (Wildman–Crippen LogP) is 4.26. The number of carbonyl (C=O) groups is 4. The third-order valence-corrected chi connectivity index (χ3v) is 5.09. The minimum absolute atomic E-state index is 0.0248. The number of amides is 1. The Hall–Kier alpha value is -4.66. The van der Waals surface area contributed by atoms with Gasteiger partial charge in [-0.3, -0.25) is 14.4 Å². The van der Waals surface area contributed by atoms with Crippen LogP contribution in [0.1, 0.15) is 37.4 Å². The number of alkyl halides is 2. The van der Waals surface area contributed by atoms with E-state index in [1.54, 1.807) is 30.3 Å². The molecule has 0 aromatic heterocycles. The zero-order valence-corrected chi connectivity index (χ0v) is 18.0. The van der Waals surface area contributed by atoms with Crippen molar-refractivity contribution in [3.8, 4) is 5.75 Å². The maximum atomic E-state index is 13.0. The fourth-order valence-corrected chi connectivity index (χ4v) is 3.54. The first kappa shape index (κ1) is 23.5. The van der Waals surface area contributed by atoms with E-state index in [0.29, 0.717) is 11.1 Å². The van der Waals surface area contributed by atoms with E-state index in [4.69, 9.17) is 4.74 Å². The highest BCUT2D eigenvalue weighted by Crippen LogP contribution is 2.31. The van der Waals surface area contributed by atoms with Crippen LogP contribution in [0, 0.1) is 0 Å². The monoisotopic (exact) mass is 477 g/mol. The van der Waals surface area contributed by atoms with Gasteiger partial charge in [-0.2, -0.15) is 8.78 Å². The Morgan fingerprint density at radius 3 is 2.20 bits per heavy atom. The highest BCUT2D eigenvalue weighted by atomic mass is 19.3. The normalized spacial score (nSPS) is 12.3. The standard InChI is InChI=1S/C26H17F2NO6/c27-26(28)35-16-11-8-15(9-12-16)10-13-22(31)34-14-21(30)29-20-7-3-6-19-23(20)25(33)18-5-2-1-4-17(18)24(19)32/h1-13,26H,14H2,(H,29,30)/b13-10+. The van der Waals surface area contributed by atoms with Gasteiger partial charge in [-0.1, -0.05) is 48.5 Å². The second kappa shape index (κ2) is 10.1. The van der Waals surface area contributed by atoms with Crippen LogP contribution in [0.2, 0.25) is 0 Å². The average molecular weight is 477 g/mol. The number of ether oxygens (including phenoxy) is 2. The Kier molecular flexibility index (Phi) is 6.77. The summed E-state index contributed by atoms with van der Waals surface area (Å²) >= 11 is 0. The molecule has 7 nitrogen and oxygen atoms in total. The lowest BCUT2D eigenvalue weighted by Gasteiger charge is -2.20. The molecule has 0 unspecified atom stereocenters. The minimum atomic E-state index is -2.94. The van der Waals surface area contributed by atoms with E-state index < -0.39 is 30.9 Å². The van der Waals surface area contributed by atoms with Gasteiger partial charge in [-0.25, -0.2) is 4.79 Å². The van der Waals surface area contributed by atoms with Gasteiger partial charge in [0.2, 0.25) is 0 Å². The van der Waals surface area contributed by atoms with Crippen molar-refractivity contribution in [1.82, 2.24) is 0 Å². The van der Waals surface area contributed by atoms with E-state index in [0.717, 1.165) is 6.08 Å². The third kappa shape index (κ3) is 5.30. The van der Waals surface area contributed by atoms with Crippen molar-refractivity contribution >= 4 is 35.2 Å². The second-order valence-electron chi connectivity index (χ2n) is 7.37. The molecule has 3 aromatic rings. The van der Waals surface area contributed by atoms with Crippen molar-refractivity contribution in [2.75, 3.05) is 11.9 Å². The van der Waals surface area contributed by atoms with Crippen molar-refractivity contribution in [3.05, 3.63) is 101 Å². The number of fused-ring (bicyclic) bond motifs is 2. The molecular formula is C26H17F2NO6. The van der Waals surface area contributed by atoms with Gasteiger partial charge in [-0.15, -0.1) is 0 Å². The number of halogens is 2. The summed E-state index contributed by atoms with van der Waals surface area (Å²) in [7, 11) is 0. The van der Waals surface area contributed by atoms with Crippen LogP contribution < -0.4 is 10.1 Å². The molecule has 0 fully saturated rings. The Balaban J connectivity index is 1.37. The molecule has 1 aliphatic carbocycles. The summed E-state index contributed by atoms with van der Waals surface area (Å²) in [6.07, 6.45) is 2.45. The summed E-state index contributed by atoms with van der Waals surface area (Å²) in [5.74, 6) is -2.26. The van der Waals surface area contributed by atoms with Crippen molar-refractivity contribution in [3.63, 3.8) is 0 Å². The summed E-state index contributed by atoms with van der Waals surface area (Å²) in [6.45, 7) is -3.57. The second-order valence-corrected chi connectivity index (χ2v) is 7.37. The van der Waals surface area contributed by atoms with Crippen LogP contribution in [-0.2, 0) is 14.3 Å². The average Bonchev–Trinajstić information content (AvgIpc) is 2.85. The Morgan fingerprint density at radius 2 is 1.51 bits per heavy atom. The van der Waals surface area contributed by atoms with Crippen LogP contribution in [0.4, 0.5) is 14.5 Å². The van der Waals surface area contributed by atoms with Crippen LogP contribution in [0.3, 0.4) is 0 Å². The SMILES string of the molecule is O=C(COC(=O)/C=C/c1ccc(OC(F)F)cc1)Nc1cccc2c1C(=O)c1ccccc1C2=O. The third-order valence-electron chi connectivity index (χ3n) is 5.09. The summed E-state index contributed by atoms with van der Waals surface area (Å²) in [5, 5.41) is 2.51. The molecule has 0 spiro atoms. The van der Waals surface area contributed by atoms with Crippen molar-refractivity contribution in [2.45, 2.75) is 6.61 Å². The van der Waals surface area contributed by atoms with E-state index in [9.17, 15) is 28.0 Å². The topological polar surface area (TPSA) is 98.8 Å². The number of esters is 1. The van der Waals surface area contributed by atoms with E-state index in [-0.39, 0.29) is 33.9 Å². The lowest BCUT2D eigenvalue weighted by molar-refractivity contribution is -0.142. The van der Waals surface area contributed by atoms with Gasteiger partial charge in [0.15, 0.2) is 18.2 Å². The van der Waals surface area contributed by atoms with Crippen LogP contribution >= 0.6 is 0 Å². The van der Waals surface area contributed by atoms with Crippen LogP contribution in [0.25, 0.3) is 6.08 Å². The number of carbonyl (C=O) groups excluding carboxylic acids is 4. The van der Waals surface area contributed by atoms with Gasteiger partial charge >= 0.3 is 12.6 Å². The molecule has 1 N–H and O–H groups in total. The number of benzene rings is 3. The van der Waals surface area contributed by atoms with Crippen molar-refractivity contribution in [1.29, 1.82) is 0 Å². The Labute approximate surface area is 198 Å². The molecule has 1 aliphatic rings. The van der Waals surface area contributed by atoms with Gasteiger partial charge < -0.3 is 14.8 Å². The van der Waals surface area contributed by atoms with E-state index >= 15 is 0 Å². The van der Waals surface area contributed by atoms with E-state index in [1.807, 2.05) is 0 Å². The molecule has 0 heterocycles. The van der Waals surface area contributed by atoms with Crippen molar-refractivity contribution < 1.29 is 37.4 Å². The minimum Gasteiger partial charge on any atom is -0.452 e. The van der Waals surface area contributed by atoms with E-state index in [1.165, 1.54) is 42.5 Å². The smallest absolute Gasteiger partial charge is 0.387 e. The summed E-state index contributed by atoms with van der Waals surface area (Å²) in [4.78, 5) is 50.0. The highest BCUT2D eigenvalue weighted by molar-refractivity contribution is 6.30. The molecule has 0 atom stereocenters. The first-order valence-electron chi connectivity index (χ1n) is 10.3. The Morgan fingerprint density at radius 1 is 0.857 bits per heavy atom. The molecule has 9 heteroatoms. The molecule has 176 valence electrons. The lowest BCUT2D eigenvalue weighted by Crippen LogP contribution is -2.25. The summed E-state index contributed by atoms with van der Waals surface area (Å²) in [5.41, 5.74) is 1.46. The van der Waals surface area contributed by atoms with Crippen LogP contribution in [-0.4, -0.2) is 36.7 Å². The largest absolute Gasteiger partial charge is 0.452 e. The molecule has 0 saturated carbocycles. The quantitative estimate of drug-likeness (QED) is 0.316. The predicted molar refractivity (Wildman–Crippen MR) is 121 cm³/mol. The molecular weight excluding hydrogens is 460 g/mol. The molecule has 3 aromatic carbocycles. The van der Waals surface area contributed by atoms with Gasteiger partial charge in [0.05, 0.1) is 11.3 Å². The number of anilines is 1. The first-order valence-corrected chi connectivity index (χ1v) is 10.3. The number of hydrogen-bond donors (Lipinski definition) is 1. The van der Waals surface area contributed by atoms with Gasteiger partial charge in [0.25, 0.3) is 5.91 Å². The summed E-state index contributed by atoms with van der Waals surface area (Å²) in [6, 6.07) is 16.5. The molecule has 0 aliphatic heterocycles. The Bertz CT molecular complexity index is 1350. The number of nitrogens with one attached hydrogen (secondary N) is 1. The molecule has 0 saturated heterocycles. The molecule has 4 rings (SSSR count). The molecule has 1 amide bonds. The number of hydrogen-bond acceptors (Lipinski definition) is 6. The first-order chi connectivity index (χ1) is 16.8. The molecule has 0 bridgehead atoms. The van der Waals surface area contributed by atoms with Crippen molar-refractivity contribution in [2.24, 2.45) is 0 Å². The van der Waals surface area contributed by atoms with Gasteiger partial charge in [0, 0.05) is 22.8 Å². The fourth-order valence-electron chi connectivity index (χ4n) is 3.54. The van der Waals surface area contributed by atoms with Gasteiger partial charge in [-0.05, 0) is 29.8 Å². The van der Waals surface area contributed by atoms with Gasteiger partial charge in [0.1, 0.15) is 5.75 Å². The summed E-state index contributed by atoms with van der Waals surface area (Å²) < 4.78 is 33.5. The maximum Gasteiger partial charge on any atom is 0.387 e. The van der Waals surface area contributed by atoms with Crippen LogP contribution in [0.15, 0.2) is 72.8 Å². The number of ketones is 2. The number of rotatable bonds is 7. The zero-order valence-electron chi connectivity index (χ0n) is 18.0. The van der Waals surface area contributed by atoms with Crippen LogP contribution in [0.5, 0.6) is 5.75 Å². The maximum absolute atomic E-state index is 13.0. The zero-order chi connectivity index (χ0) is 24.9. The molecule has 35 heavy (non-hydrogen) atoms.